The van der Waals surface area contributed by atoms with E-state index in [2.05, 4.69) is 0 Å². The van der Waals surface area contributed by atoms with E-state index in [1.807, 2.05) is 97.9 Å². The minimum absolute atomic E-state index is 0.190. The van der Waals surface area contributed by atoms with Gasteiger partial charge in [-0.05, 0) is 54.2 Å². The molecule has 0 saturated heterocycles. The van der Waals surface area contributed by atoms with Crippen LogP contribution in [0.1, 0.15) is 40.1 Å². The fourth-order valence-electron chi connectivity index (χ4n) is 4.49. The Morgan fingerprint density at radius 3 is 1.34 bits per heavy atom. The van der Waals surface area contributed by atoms with E-state index >= 15 is 0 Å². The Bertz CT molecular complexity index is 1330. The van der Waals surface area contributed by atoms with Crippen molar-refractivity contribution in [3.05, 3.63) is 108 Å². The molecule has 0 aliphatic carbocycles. The van der Waals surface area contributed by atoms with Gasteiger partial charge in [-0.1, -0.05) is 91.0 Å². The second kappa shape index (κ2) is 10.8. The van der Waals surface area contributed by atoms with E-state index in [9.17, 15) is 9.59 Å². The van der Waals surface area contributed by atoms with E-state index in [1.54, 1.807) is 13.8 Å². The zero-order chi connectivity index (χ0) is 24.8. The molecular weight excluding hydrogens is 436 g/mol. The summed E-state index contributed by atoms with van der Waals surface area (Å²) in [6, 6.07) is 29.5. The van der Waals surface area contributed by atoms with Crippen LogP contribution in [0.5, 0.6) is 0 Å². The number of carbonyl (C=O) groups is 2. The Hall–Kier alpha value is -4.18. The Morgan fingerprint density at radius 2 is 0.914 bits per heavy atom. The fourth-order valence-corrected chi connectivity index (χ4v) is 4.49. The van der Waals surface area contributed by atoms with Crippen molar-refractivity contribution >= 4 is 11.9 Å². The molecule has 4 aromatic carbocycles. The summed E-state index contributed by atoms with van der Waals surface area (Å²) in [6.07, 6.45) is 0. The molecule has 0 aromatic heterocycles. The number of hydrogen-bond donors (Lipinski definition) is 0. The third kappa shape index (κ3) is 4.73. The summed E-state index contributed by atoms with van der Waals surface area (Å²) in [7, 11) is 0. The number of hydrogen-bond acceptors (Lipinski definition) is 4. The first-order chi connectivity index (χ1) is 17.1. The molecule has 4 heteroatoms. The first-order valence-corrected chi connectivity index (χ1v) is 11.8. The van der Waals surface area contributed by atoms with E-state index < -0.39 is 11.9 Å². The van der Waals surface area contributed by atoms with Gasteiger partial charge in [-0.3, -0.25) is 0 Å². The van der Waals surface area contributed by atoms with Gasteiger partial charge in [0.2, 0.25) is 0 Å². The Labute approximate surface area is 206 Å². The second-order valence-electron chi connectivity index (χ2n) is 8.04. The van der Waals surface area contributed by atoms with Crippen molar-refractivity contribution < 1.29 is 19.1 Å². The standard InChI is InChI=1S/C31H28O4/c1-4-34-30(32)26-21(3)25(22-15-9-6-10-16-22)27(23-17-11-7-12-18-23)28(24-19-13-8-14-20-24)29(26)31(33)35-5-2/h6-20H,4-5H2,1-3H3. The van der Waals surface area contributed by atoms with Crippen molar-refractivity contribution in [3.63, 3.8) is 0 Å². The highest BCUT2D eigenvalue weighted by atomic mass is 16.5. The van der Waals surface area contributed by atoms with Gasteiger partial charge in [-0.15, -0.1) is 0 Å². The van der Waals surface area contributed by atoms with Crippen LogP contribution < -0.4 is 0 Å². The maximum Gasteiger partial charge on any atom is 0.339 e. The summed E-state index contributed by atoms with van der Waals surface area (Å²) >= 11 is 0. The summed E-state index contributed by atoms with van der Waals surface area (Å²) in [5.41, 5.74) is 6.26. The number of ether oxygens (including phenoxy) is 2. The third-order valence-electron chi connectivity index (χ3n) is 5.90. The van der Waals surface area contributed by atoms with Gasteiger partial charge in [0.05, 0.1) is 24.3 Å². The Morgan fingerprint density at radius 1 is 0.543 bits per heavy atom. The van der Waals surface area contributed by atoms with Crippen LogP contribution in [0, 0.1) is 6.92 Å². The van der Waals surface area contributed by atoms with Gasteiger partial charge in [0.25, 0.3) is 0 Å². The lowest BCUT2D eigenvalue weighted by atomic mass is 9.79. The van der Waals surface area contributed by atoms with Crippen LogP contribution in [0.15, 0.2) is 91.0 Å². The topological polar surface area (TPSA) is 52.6 Å². The van der Waals surface area contributed by atoms with Gasteiger partial charge in [-0.2, -0.15) is 0 Å². The van der Waals surface area contributed by atoms with Crippen molar-refractivity contribution in [3.8, 4) is 33.4 Å². The predicted molar refractivity (Wildman–Crippen MR) is 139 cm³/mol. The Balaban J connectivity index is 2.27. The average Bonchev–Trinajstić information content (AvgIpc) is 2.89. The van der Waals surface area contributed by atoms with Crippen LogP contribution in [0.2, 0.25) is 0 Å². The summed E-state index contributed by atoms with van der Waals surface area (Å²) in [6.45, 7) is 5.77. The molecule has 0 aliphatic rings. The van der Waals surface area contributed by atoms with E-state index in [0.717, 1.165) is 27.8 Å². The maximum absolute atomic E-state index is 13.5. The van der Waals surface area contributed by atoms with Gasteiger partial charge in [0.1, 0.15) is 0 Å². The van der Waals surface area contributed by atoms with Crippen LogP contribution in [-0.2, 0) is 9.47 Å². The molecule has 0 heterocycles. The number of carbonyl (C=O) groups excluding carboxylic acids is 2. The quantitative estimate of drug-likeness (QED) is 0.268. The molecule has 4 nitrogen and oxygen atoms in total. The minimum Gasteiger partial charge on any atom is -0.462 e. The lowest BCUT2D eigenvalue weighted by Crippen LogP contribution is -2.19. The number of esters is 2. The molecular formula is C31H28O4. The predicted octanol–water partition coefficient (Wildman–Crippen LogP) is 7.35. The smallest absolute Gasteiger partial charge is 0.339 e. The van der Waals surface area contributed by atoms with Crippen molar-refractivity contribution in [1.29, 1.82) is 0 Å². The van der Waals surface area contributed by atoms with E-state index in [-0.39, 0.29) is 24.3 Å². The van der Waals surface area contributed by atoms with Gasteiger partial charge in [-0.25, -0.2) is 9.59 Å². The molecule has 0 atom stereocenters. The van der Waals surface area contributed by atoms with Crippen LogP contribution in [-0.4, -0.2) is 25.2 Å². The summed E-state index contributed by atoms with van der Waals surface area (Å²) in [5.74, 6) is -1.09. The molecule has 0 radical (unpaired) electrons. The largest absolute Gasteiger partial charge is 0.462 e. The van der Waals surface area contributed by atoms with Crippen molar-refractivity contribution in [1.82, 2.24) is 0 Å². The molecule has 0 unspecified atom stereocenters. The highest BCUT2D eigenvalue weighted by Gasteiger charge is 2.32. The molecule has 176 valence electrons. The van der Waals surface area contributed by atoms with E-state index in [0.29, 0.717) is 11.1 Å². The van der Waals surface area contributed by atoms with Crippen LogP contribution >= 0.6 is 0 Å². The first-order valence-electron chi connectivity index (χ1n) is 11.8. The summed E-state index contributed by atoms with van der Waals surface area (Å²) in [5, 5.41) is 0. The molecule has 4 rings (SSSR count). The van der Waals surface area contributed by atoms with Gasteiger partial charge < -0.3 is 9.47 Å². The fraction of sp³-hybridized carbons (Fsp3) is 0.161. The first kappa shape index (κ1) is 24.0. The van der Waals surface area contributed by atoms with Crippen LogP contribution in [0.25, 0.3) is 33.4 Å². The van der Waals surface area contributed by atoms with Crippen molar-refractivity contribution in [2.75, 3.05) is 13.2 Å². The van der Waals surface area contributed by atoms with E-state index in [1.165, 1.54) is 0 Å². The highest BCUT2D eigenvalue weighted by Crippen LogP contribution is 2.46. The zero-order valence-electron chi connectivity index (χ0n) is 20.2. The summed E-state index contributed by atoms with van der Waals surface area (Å²) < 4.78 is 11.0. The molecule has 0 amide bonds. The van der Waals surface area contributed by atoms with Crippen molar-refractivity contribution in [2.24, 2.45) is 0 Å². The maximum atomic E-state index is 13.5. The third-order valence-corrected chi connectivity index (χ3v) is 5.90. The average molecular weight is 465 g/mol. The van der Waals surface area contributed by atoms with Crippen LogP contribution in [0.4, 0.5) is 0 Å². The highest BCUT2D eigenvalue weighted by molar-refractivity contribution is 6.15. The molecule has 0 bridgehead atoms. The molecule has 0 spiro atoms. The Kier molecular flexibility index (Phi) is 7.41. The zero-order valence-corrected chi connectivity index (χ0v) is 20.2. The van der Waals surface area contributed by atoms with Gasteiger partial charge in [0.15, 0.2) is 0 Å². The van der Waals surface area contributed by atoms with Gasteiger partial charge in [0, 0.05) is 5.56 Å². The van der Waals surface area contributed by atoms with Crippen molar-refractivity contribution in [2.45, 2.75) is 20.8 Å². The molecule has 0 N–H and O–H groups in total. The minimum atomic E-state index is -0.547. The lowest BCUT2D eigenvalue weighted by molar-refractivity contribution is 0.0479. The molecule has 4 aromatic rings. The van der Waals surface area contributed by atoms with Gasteiger partial charge >= 0.3 is 11.9 Å². The SMILES string of the molecule is CCOC(=O)c1c(C)c(-c2ccccc2)c(-c2ccccc2)c(-c2ccccc2)c1C(=O)OCC. The molecule has 0 saturated carbocycles. The van der Waals surface area contributed by atoms with Crippen LogP contribution in [0.3, 0.4) is 0 Å². The van der Waals surface area contributed by atoms with E-state index in [4.69, 9.17) is 9.47 Å². The number of rotatable bonds is 7. The normalized spacial score (nSPS) is 10.6. The monoisotopic (exact) mass is 464 g/mol. The lowest BCUT2D eigenvalue weighted by Gasteiger charge is -2.25. The summed E-state index contributed by atoms with van der Waals surface area (Å²) in [4.78, 5) is 26.9. The molecule has 35 heavy (non-hydrogen) atoms. The molecule has 0 fully saturated rings. The molecule has 0 aliphatic heterocycles. The second-order valence-corrected chi connectivity index (χ2v) is 8.04. The number of benzene rings is 4.